The zero-order valence-electron chi connectivity index (χ0n) is 12.3. The molecule has 2 aromatic carbocycles. The molecule has 0 aliphatic heterocycles. The molecule has 108 valence electrons. The molecule has 3 aromatic rings. The molecule has 0 aliphatic carbocycles. The first-order valence-corrected chi connectivity index (χ1v) is 6.95. The number of benzene rings is 2. The van der Waals surface area contributed by atoms with Crippen molar-refractivity contribution in [1.29, 1.82) is 0 Å². The van der Waals surface area contributed by atoms with Crippen LogP contribution in [0.15, 0.2) is 36.4 Å². The van der Waals surface area contributed by atoms with Gasteiger partial charge < -0.3 is 9.67 Å². The Kier molecular flexibility index (Phi) is 3.16. The molecule has 21 heavy (non-hydrogen) atoms. The number of aromatic hydroxyl groups is 1. The highest BCUT2D eigenvalue weighted by Crippen LogP contribution is 2.31. The number of aromatic nitrogens is 2. The van der Waals surface area contributed by atoms with Gasteiger partial charge in [0.15, 0.2) is 0 Å². The van der Waals surface area contributed by atoms with E-state index in [1.54, 1.807) is 12.1 Å². The first kappa shape index (κ1) is 13.6. The third-order valence-corrected chi connectivity index (χ3v) is 3.64. The molecule has 4 heteroatoms. The van der Waals surface area contributed by atoms with Gasteiger partial charge >= 0.3 is 0 Å². The summed E-state index contributed by atoms with van der Waals surface area (Å²) >= 11 is 0. The summed E-state index contributed by atoms with van der Waals surface area (Å²) in [4.78, 5) is 4.60. The molecule has 1 aromatic heterocycles. The van der Waals surface area contributed by atoms with Crippen LogP contribution in [-0.2, 0) is 0 Å². The predicted octanol–water partition coefficient (Wildman–Crippen LogP) is 4.44. The molecular weight excluding hydrogens is 267 g/mol. The van der Waals surface area contributed by atoms with Gasteiger partial charge in [0.05, 0.1) is 11.0 Å². The average Bonchev–Trinajstić information content (AvgIpc) is 2.80. The maximum absolute atomic E-state index is 13.5. The van der Waals surface area contributed by atoms with E-state index in [-0.39, 0.29) is 17.6 Å². The lowest BCUT2D eigenvalue weighted by Crippen LogP contribution is -2.03. The highest BCUT2D eigenvalue weighted by Gasteiger charge is 2.16. The Morgan fingerprint density at radius 2 is 1.90 bits per heavy atom. The number of hydrogen-bond donors (Lipinski definition) is 1. The summed E-state index contributed by atoms with van der Waals surface area (Å²) in [6.07, 6.45) is 0. The van der Waals surface area contributed by atoms with E-state index < -0.39 is 0 Å². The van der Waals surface area contributed by atoms with Gasteiger partial charge in [0.25, 0.3) is 0 Å². The Bertz CT molecular complexity index is 821. The quantitative estimate of drug-likeness (QED) is 0.755. The summed E-state index contributed by atoms with van der Waals surface area (Å²) in [6.45, 7) is 5.91. The number of hydrogen-bond acceptors (Lipinski definition) is 2. The van der Waals surface area contributed by atoms with Crippen LogP contribution in [0.4, 0.5) is 4.39 Å². The van der Waals surface area contributed by atoms with E-state index in [1.165, 1.54) is 12.1 Å². The summed E-state index contributed by atoms with van der Waals surface area (Å²) in [7, 11) is 0. The minimum absolute atomic E-state index is 0.134. The first-order valence-electron chi connectivity index (χ1n) is 6.95. The molecule has 0 aliphatic rings. The Morgan fingerprint density at radius 1 is 1.14 bits per heavy atom. The first-order chi connectivity index (χ1) is 9.97. The van der Waals surface area contributed by atoms with Gasteiger partial charge in [-0.2, -0.15) is 0 Å². The van der Waals surface area contributed by atoms with Crippen molar-refractivity contribution in [3.63, 3.8) is 0 Å². The standard InChI is InChI=1S/C17H17FN2O/c1-10(2)20-15-9-13(18)6-7-14(15)19-17(20)12-5-4-11(3)16(21)8-12/h4-10,21H,1-3H3. The van der Waals surface area contributed by atoms with Crippen molar-refractivity contribution < 1.29 is 9.50 Å². The highest BCUT2D eigenvalue weighted by atomic mass is 19.1. The van der Waals surface area contributed by atoms with Crippen molar-refractivity contribution in [2.45, 2.75) is 26.8 Å². The Morgan fingerprint density at radius 3 is 2.57 bits per heavy atom. The van der Waals surface area contributed by atoms with Crippen molar-refractivity contribution >= 4 is 11.0 Å². The van der Waals surface area contributed by atoms with Crippen molar-refractivity contribution in [3.8, 4) is 17.1 Å². The van der Waals surface area contributed by atoms with E-state index in [1.807, 2.05) is 37.5 Å². The molecule has 0 fully saturated rings. The summed E-state index contributed by atoms with van der Waals surface area (Å²) < 4.78 is 15.5. The lowest BCUT2D eigenvalue weighted by Gasteiger charge is -2.13. The molecule has 0 spiro atoms. The molecule has 3 nitrogen and oxygen atoms in total. The fraction of sp³-hybridized carbons (Fsp3) is 0.235. The number of imidazole rings is 1. The SMILES string of the molecule is Cc1ccc(-c2nc3ccc(F)cc3n2C(C)C)cc1O. The van der Waals surface area contributed by atoms with Gasteiger partial charge in [-0.3, -0.25) is 0 Å². The molecule has 0 saturated carbocycles. The maximum atomic E-state index is 13.5. The smallest absolute Gasteiger partial charge is 0.141 e. The number of phenols is 1. The third kappa shape index (κ3) is 2.27. The van der Waals surface area contributed by atoms with Crippen molar-refractivity contribution in [2.24, 2.45) is 0 Å². The summed E-state index contributed by atoms with van der Waals surface area (Å²) in [5.41, 5.74) is 3.15. The second-order valence-corrected chi connectivity index (χ2v) is 5.53. The van der Waals surface area contributed by atoms with Crippen LogP contribution in [0, 0.1) is 12.7 Å². The van der Waals surface area contributed by atoms with E-state index in [0.29, 0.717) is 0 Å². The van der Waals surface area contributed by atoms with Gasteiger partial charge in [0.1, 0.15) is 17.4 Å². The Labute approximate surface area is 122 Å². The number of fused-ring (bicyclic) bond motifs is 1. The zero-order chi connectivity index (χ0) is 15.1. The summed E-state index contributed by atoms with van der Waals surface area (Å²) in [6, 6.07) is 10.2. The number of halogens is 1. The van der Waals surface area contributed by atoms with Crippen molar-refractivity contribution in [2.75, 3.05) is 0 Å². The second-order valence-electron chi connectivity index (χ2n) is 5.53. The minimum atomic E-state index is -0.275. The number of rotatable bonds is 2. The normalized spacial score (nSPS) is 11.5. The van der Waals surface area contributed by atoms with E-state index in [4.69, 9.17) is 0 Å². The molecule has 3 rings (SSSR count). The molecule has 1 N–H and O–H groups in total. The van der Waals surface area contributed by atoms with Gasteiger partial charge in [-0.1, -0.05) is 12.1 Å². The molecule has 0 atom stereocenters. The average molecular weight is 284 g/mol. The maximum Gasteiger partial charge on any atom is 0.141 e. The lowest BCUT2D eigenvalue weighted by atomic mass is 10.1. The molecule has 0 unspecified atom stereocenters. The Hall–Kier alpha value is -2.36. The molecule has 0 radical (unpaired) electrons. The number of nitrogens with zero attached hydrogens (tertiary/aromatic N) is 2. The fourth-order valence-electron chi connectivity index (χ4n) is 2.54. The molecule has 0 amide bonds. The molecular formula is C17H17FN2O. The van der Waals surface area contributed by atoms with Crippen LogP contribution in [0.2, 0.25) is 0 Å². The molecule has 1 heterocycles. The van der Waals surface area contributed by atoms with Crippen LogP contribution in [0.1, 0.15) is 25.5 Å². The lowest BCUT2D eigenvalue weighted by molar-refractivity contribution is 0.471. The number of phenolic OH excluding ortho intramolecular Hbond substituents is 1. The molecule has 0 bridgehead atoms. The van der Waals surface area contributed by atoms with Crippen LogP contribution < -0.4 is 0 Å². The Balaban J connectivity index is 2.30. The van der Waals surface area contributed by atoms with Gasteiger partial charge in [0, 0.05) is 11.6 Å². The van der Waals surface area contributed by atoms with E-state index >= 15 is 0 Å². The third-order valence-electron chi connectivity index (χ3n) is 3.64. The van der Waals surface area contributed by atoms with Gasteiger partial charge in [0.2, 0.25) is 0 Å². The van der Waals surface area contributed by atoms with Gasteiger partial charge in [-0.15, -0.1) is 0 Å². The van der Waals surface area contributed by atoms with Crippen molar-refractivity contribution in [1.82, 2.24) is 9.55 Å². The van der Waals surface area contributed by atoms with Crippen LogP contribution in [-0.4, -0.2) is 14.7 Å². The van der Waals surface area contributed by atoms with Gasteiger partial charge in [-0.05, 0) is 50.6 Å². The fourth-order valence-corrected chi connectivity index (χ4v) is 2.54. The topological polar surface area (TPSA) is 38.0 Å². The van der Waals surface area contributed by atoms with E-state index in [9.17, 15) is 9.50 Å². The zero-order valence-corrected chi connectivity index (χ0v) is 12.3. The van der Waals surface area contributed by atoms with E-state index in [0.717, 1.165) is 28.0 Å². The highest BCUT2D eigenvalue weighted by molar-refractivity contribution is 5.81. The summed E-state index contributed by atoms with van der Waals surface area (Å²) in [5, 5.41) is 9.91. The second kappa shape index (κ2) is 4.88. The number of aryl methyl sites for hydroxylation is 1. The van der Waals surface area contributed by atoms with Crippen LogP contribution >= 0.6 is 0 Å². The van der Waals surface area contributed by atoms with Crippen LogP contribution in [0.25, 0.3) is 22.4 Å². The predicted molar refractivity (Wildman–Crippen MR) is 81.9 cm³/mol. The van der Waals surface area contributed by atoms with E-state index in [2.05, 4.69) is 4.98 Å². The van der Waals surface area contributed by atoms with Crippen molar-refractivity contribution in [3.05, 3.63) is 47.8 Å². The molecule has 0 saturated heterocycles. The monoisotopic (exact) mass is 284 g/mol. The minimum Gasteiger partial charge on any atom is -0.508 e. The van der Waals surface area contributed by atoms with Crippen LogP contribution in [0.3, 0.4) is 0 Å². The van der Waals surface area contributed by atoms with Gasteiger partial charge in [-0.25, -0.2) is 9.37 Å². The van der Waals surface area contributed by atoms with Crippen LogP contribution in [0.5, 0.6) is 5.75 Å². The summed E-state index contributed by atoms with van der Waals surface area (Å²) in [5.74, 6) is 0.699. The largest absolute Gasteiger partial charge is 0.508 e.